The van der Waals surface area contributed by atoms with E-state index >= 15 is 0 Å². The molecule has 0 fully saturated rings. The summed E-state index contributed by atoms with van der Waals surface area (Å²) in [7, 11) is 0. The monoisotopic (exact) mass is 208 g/mol. The van der Waals surface area contributed by atoms with E-state index in [4.69, 9.17) is 10.8 Å². The highest BCUT2D eigenvalue weighted by Gasteiger charge is 2.04. The Morgan fingerprint density at radius 1 is 1.47 bits per heavy atom. The molecule has 0 aliphatic rings. The third kappa shape index (κ3) is 3.99. The molecule has 0 aromatic heterocycles. The maximum Gasteiger partial charge on any atom is 0.251 e. The van der Waals surface area contributed by atoms with Crippen molar-refractivity contribution >= 4 is 5.91 Å². The van der Waals surface area contributed by atoms with Crippen LogP contribution >= 0.6 is 0 Å². The van der Waals surface area contributed by atoms with E-state index in [2.05, 4.69) is 5.32 Å². The fourth-order valence-corrected chi connectivity index (χ4v) is 1.13. The Morgan fingerprint density at radius 3 is 2.60 bits per heavy atom. The van der Waals surface area contributed by atoms with Gasteiger partial charge in [-0.3, -0.25) is 4.79 Å². The maximum absolute atomic E-state index is 11.5. The summed E-state index contributed by atoms with van der Waals surface area (Å²) in [5.41, 5.74) is 6.09. The molecule has 1 aromatic rings. The van der Waals surface area contributed by atoms with Crippen LogP contribution in [-0.4, -0.2) is 23.6 Å². The molecule has 0 aliphatic heterocycles. The molecule has 0 aliphatic carbocycles. The first-order valence-electron chi connectivity index (χ1n) is 4.92. The molecule has 0 radical (unpaired) electrons. The predicted octanol–water partition coefficient (Wildman–Crippen LogP) is 0.859. The first-order valence-corrected chi connectivity index (χ1v) is 4.92. The van der Waals surface area contributed by atoms with Crippen LogP contribution in [0.2, 0.25) is 0 Å². The standard InChI is InChI=1S/C11H16N2O2/c1-8(12)6-7-13-11(15)9-2-4-10(14)5-3-9/h2-5,8,14H,6-7,12H2,1H3,(H,13,15). The minimum absolute atomic E-state index is 0.0881. The molecular formula is C11H16N2O2. The third-order valence-corrected chi connectivity index (χ3v) is 2.01. The zero-order valence-electron chi connectivity index (χ0n) is 8.73. The minimum Gasteiger partial charge on any atom is -0.508 e. The van der Waals surface area contributed by atoms with Crippen LogP contribution in [0.4, 0.5) is 0 Å². The van der Waals surface area contributed by atoms with Gasteiger partial charge in [-0.1, -0.05) is 0 Å². The number of hydrogen-bond donors (Lipinski definition) is 3. The molecule has 4 nitrogen and oxygen atoms in total. The summed E-state index contributed by atoms with van der Waals surface area (Å²) in [5.74, 6) is 0.0118. The van der Waals surface area contributed by atoms with Crippen molar-refractivity contribution in [3.05, 3.63) is 29.8 Å². The molecule has 0 saturated carbocycles. The zero-order chi connectivity index (χ0) is 11.3. The van der Waals surface area contributed by atoms with Gasteiger partial charge in [0.1, 0.15) is 5.75 Å². The van der Waals surface area contributed by atoms with Crippen molar-refractivity contribution in [2.24, 2.45) is 5.73 Å². The topological polar surface area (TPSA) is 75.3 Å². The number of phenols is 1. The third-order valence-electron chi connectivity index (χ3n) is 2.01. The average Bonchev–Trinajstić information content (AvgIpc) is 2.18. The van der Waals surface area contributed by atoms with Gasteiger partial charge in [0.05, 0.1) is 0 Å². The van der Waals surface area contributed by atoms with Crippen LogP contribution in [0.15, 0.2) is 24.3 Å². The molecular weight excluding hydrogens is 192 g/mol. The number of nitrogens with one attached hydrogen (secondary N) is 1. The molecule has 1 atom stereocenters. The first kappa shape index (κ1) is 11.5. The van der Waals surface area contributed by atoms with Crippen molar-refractivity contribution in [1.29, 1.82) is 0 Å². The lowest BCUT2D eigenvalue weighted by molar-refractivity contribution is 0.0953. The second-order valence-electron chi connectivity index (χ2n) is 3.57. The van der Waals surface area contributed by atoms with E-state index in [0.29, 0.717) is 12.1 Å². The number of carbonyl (C=O) groups excluding carboxylic acids is 1. The smallest absolute Gasteiger partial charge is 0.251 e. The number of carbonyl (C=O) groups is 1. The fraction of sp³-hybridized carbons (Fsp3) is 0.364. The van der Waals surface area contributed by atoms with Gasteiger partial charge in [-0.15, -0.1) is 0 Å². The number of hydrogen-bond acceptors (Lipinski definition) is 3. The molecule has 82 valence electrons. The van der Waals surface area contributed by atoms with Gasteiger partial charge in [0.15, 0.2) is 0 Å². The van der Waals surface area contributed by atoms with Crippen LogP contribution in [0.5, 0.6) is 5.75 Å². The summed E-state index contributed by atoms with van der Waals surface area (Å²) in [6, 6.07) is 6.22. The van der Waals surface area contributed by atoms with Crippen molar-refractivity contribution in [3.8, 4) is 5.75 Å². The van der Waals surface area contributed by atoms with Gasteiger partial charge < -0.3 is 16.2 Å². The summed E-state index contributed by atoms with van der Waals surface area (Å²) >= 11 is 0. The molecule has 4 N–H and O–H groups in total. The van der Waals surface area contributed by atoms with Crippen LogP contribution in [0, 0.1) is 0 Å². The van der Waals surface area contributed by atoms with Crippen molar-refractivity contribution in [2.45, 2.75) is 19.4 Å². The second kappa shape index (κ2) is 5.36. The lowest BCUT2D eigenvalue weighted by atomic mass is 10.2. The highest BCUT2D eigenvalue weighted by molar-refractivity contribution is 5.94. The summed E-state index contributed by atoms with van der Waals surface area (Å²) in [6.45, 7) is 2.46. The SMILES string of the molecule is CC(N)CCNC(=O)c1ccc(O)cc1. The highest BCUT2D eigenvalue weighted by Crippen LogP contribution is 2.09. The summed E-state index contributed by atoms with van der Waals surface area (Å²) in [5, 5.41) is 11.8. The van der Waals surface area contributed by atoms with Crippen molar-refractivity contribution < 1.29 is 9.90 Å². The van der Waals surface area contributed by atoms with Gasteiger partial charge in [-0.05, 0) is 37.6 Å². The van der Waals surface area contributed by atoms with Gasteiger partial charge in [0, 0.05) is 18.2 Å². The summed E-state index contributed by atoms with van der Waals surface area (Å²) in [4.78, 5) is 11.5. The Kier molecular flexibility index (Phi) is 4.12. The lowest BCUT2D eigenvalue weighted by Crippen LogP contribution is -2.28. The van der Waals surface area contributed by atoms with E-state index in [1.165, 1.54) is 12.1 Å². The van der Waals surface area contributed by atoms with Gasteiger partial charge >= 0.3 is 0 Å². The van der Waals surface area contributed by atoms with E-state index in [1.807, 2.05) is 6.92 Å². The molecule has 1 aromatic carbocycles. The van der Waals surface area contributed by atoms with Crippen LogP contribution in [0.3, 0.4) is 0 Å². The quantitative estimate of drug-likeness (QED) is 0.687. The second-order valence-corrected chi connectivity index (χ2v) is 3.57. The molecule has 0 saturated heterocycles. The molecule has 0 heterocycles. The number of aromatic hydroxyl groups is 1. The molecule has 0 bridgehead atoms. The molecule has 0 spiro atoms. The highest BCUT2D eigenvalue weighted by atomic mass is 16.3. The molecule has 15 heavy (non-hydrogen) atoms. The average molecular weight is 208 g/mol. The van der Waals surface area contributed by atoms with Crippen molar-refractivity contribution in [3.63, 3.8) is 0 Å². The Hall–Kier alpha value is -1.55. The van der Waals surface area contributed by atoms with Gasteiger partial charge in [0.25, 0.3) is 5.91 Å². The van der Waals surface area contributed by atoms with Gasteiger partial charge in [0.2, 0.25) is 0 Å². The van der Waals surface area contributed by atoms with Crippen LogP contribution in [-0.2, 0) is 0 Å². The molecule has 1 rings (SSSR count). The van der Waals surface area contributed by atoms with Crippen LogP contribution in [0.1, 0.15) is 23.7 Å². The summed E-state index contributed by atoms with van der Waals surface area (Å²) in [6.07, 6.45) is 0.754. The molecule has 1 unspecified atom stereocenters. The number of nitrogens with two attached hydrogens (primary N) is 1. The zero-order valence-corrected chi connectivity index (χ0v) is 8.73. The minimum atomic E-state index is -0.143. The first-order chi connectivity index (χ1) is 7.09. The number of benzene rings is 1. The van der Waals surface area contributed by atoms with Crippen LogP contribution < -0.4 is 11.1 Å². The van der Waals surface area contributed by atoms with Gasteiger partial charge in [-0.25, -0.2) is 0 Å². The maximum atomic E-state index is 11.5. The Labute approximate surface area is 89.1 Å². The van der Waals surface area contributed by atoms with E-state index in [-0.39, 0.29) is 17.7 Å². The Balaban J connectivity index is 2.43. The van der Waals surface area contributed by atoms with Gasteiger partial charge in [-0.2, -0.15) is 0 Å². The van der Waals surface area contributed by atoms with E-state index in [0.717, 1.165) is 6.42 Å². The van der Waals surface area contributed by atoms with E-state index in [1.54, 1.807) is 12.1 Å². The predicted molar refractivity (Wildman–Crippen MR) is 58.7 cm³/mol. The van der Waals surface area contributed by atoms with Crippen LogP contribution in [0.25, 0.3) is 0 Å². The lowest BCUT2D eigenvalue weighted by Gasteiger charge is -2.07. The summed E-state index contributed by atoms with van der Waals surface area (Å²) < 4.78 is 0. The van der Waals surface area contributed by atoms with Crippen molar-refractivity contribution in [1.82, 2.24) is 5.32 Å². The Bertz CT molecular complexity index is 320. The van der Waals surface area contributed by atoms with E-state index < -0.39 is 0 Å². The largest absolute Gasteiger partial charge is 0.508 e. The normalized spacial score (nSPS) is 12.1. The fourth-order valence-electron chi connectivity index (χ4n) is 1.13. The Morgan fingerprint density at radius 2 is 2.07 bits per heavy atom. The number of amides is 1. The molecule has 4 heteroatoms. The van der Waals surface area contributed by atoms with E-state index in [9.17, 15) is 4.79 Å². The van der Waals surface area contributed by atoms with Crippen molar-refractivity contribution in [2.75, 3.05) is 6.54 Å². The number of phenolic OH excluding ortho intramolecular Hbond substituents is 1. The molecule has 1 amide bonds. The number of rotatable bonds is 4.